The molecule has 0 spiro atoms. The Morgan fingerprint density at radius 3 is 2.83 bits per heavy atom. The van der Waals surface area contributed by atoms with E-state index in [0.29, 0.717) is 5.92 Å². The summed E-state index contributed by atoms with van der Waals surface area (Å²) >= 11 is 0. The molecule has 0 aromatic carbocycles. The molecule has 1 atom stereocenters. The molecule has 0 radical (unpaired) electrons. The molecule has 1 aliphatic rings. The van der Waals surface area contributed by atoms with Gasteiger partial charge in [0.2, 0.25) is 0 Å². The first kappa shape index (κ1) is 7.68. The van der Waals surface area contributed by atoms with Gasteiger partial charge in [0.05, 0.1) is 5.69 Å². The third-order valence-electron chi connectivity index (χ3n) is 2.60. The summed E-state index contributed by atoms with van der Waals surface area (Å²) in [6.45, 7) is 0. The van der Waals surface area contributed by atoms with Crippen molar-refractivity contribution in [3.63, 3.8) is 0 Å². The van der Waals surface area contributed by atoms with Crippen LogP contribution < -0.4 is 5.73 Å². The highest BCUT2D eigenvalue weighted by atomic mass is 14.9. The van der Waals surface area contributed by atoms with Gasteiger partial charge in [-0.15, -0.1) is 0 Å². The number of aromatic nitrogens is 2. The molecule has 2 N–H and O–H groups in total. The second-order valence-electron chi connectivity index (χ2n) is 3.35. The van der Waals surface area contributed by atoms with Crippen LogP contribution in [0.15, 0.2) is 18.6 Å². The van der Waals surface area contributed by atoms with Crippen molar-refractivity contribution in [3.05, 3.63) is 24.3 Å². The summed E-state index contributed by atoms with van der Waals surface area (Å²) in [4.78, 5) is 8.01. The van der Waals surface area contributed by atoms with Crippen LogP contribution >= 0.6 is 0 Å². The second kappa shape index (κ2) is 3.19. The molecule has 1 fully saturated rings. The lowest BCUT2D eigenvalue weighted by Gasteiger charge is -2.30. The third-order valence-corrected chi connectivity index (χ3v) is 2.60. The molecule has 64 valence electrons. The summed E-state index contributed by atoms with van der Waals surface area (Å²) in [5, 5.41) is 0. The Labute approximate surface area is 72.0 Å². The van der Waals surface area contributed by atoms with Gasteiger partial charge < -0.3 is 5.73 Å². The molecule has 1 aromatic heterocycles. The number of nitrogens with two attached hydrogens (primary N) is 1. The summed E-state index contributed by atoms with van der Waals surface area (Å²) in [6, 6.07) is 2.03. The van der Waals surface area contributed by atoms with Gasteiger partial charge >= 0.3 is 0 Å². The van der Waals surface area contributed by atoms with Crippen molar-refractivity contribution in [1.29, 1.82) is 0 Å². The van der Waals surface area contributed by atoms with Gasteiger partial charge in [-0.2, -0.15) is 0 Å². The Morgan fingerprint density at radius 2 is 2.33 bits per heavy atom. The Kier molecular flexibility index (Phi) is 2.04. The van der Waals surface area contributed by atoms with Crippen LogP contribution in [0.3, 0.4) is 0 Å². The Morgan fingerprint density at radius 1 is 1.50 bits per heavy atom. The smallest absolute Gasteiger partial charge is 0.115 e. The van der Waals surface area contributed by atoms with Crippen LogP contribution in [0, 0.1) is 5.92 Å². The van der Waals surface area contributed by atoms with Gasteiger partial charge in [-0.05, 0) is 24.8 Å². The van der Waals surface area contributed by atoms with Crippen molar-refractivity contribution in [1.82, 2.24) is 9.97 Å². The van der Waals surface area contributed by atoms with E-state index in [2.05, 4.69) is 9.97 Å². The highest BCUT2D eigenvalue weighted by molar-refractivity contribution is 5.06. The molecule has 2 rings (SSSR count). The summed E-state index contributed by atoms with van der Waals surface area (Å²) in [7, 11) is 0. The van der Waals surface area contributed by atoms with E-state index in [4.69, 9.17) is 5.73 Å². The monoisotopic (exact) mass is 163 g/mol. The minimum atomic E-state index is 0.127. The average molecular weight is 163 g/mol. The predicted molar refractivity (Wildman–Crippen MR) is 46.3 cm³/mol. The minimum Gasteiger partial charge on any atom is -0.322 e. The molecule has 1 aromatic rings. The van der Waals surface area contributed by atoms with Crippen LogP contribution in [0.2, 0.25) is 0 Å². The lowest BCUT2D eigenvalue weighted by molar-refractivity contribution is 0.261. The van der Waals surface area contributed by atoms with E-state index in [1.165, 1.54) is 19.3 Å². The molecule has 0 aliphatic heterocycles. The molecule has 3 nitrogen and oxygen atoms in total. The van der Waals surface area contributed by atoms with E-state index in [0.717, 1.165) is 5.69 Å². The number of rotatable bonds is 2. The van der Waals surface area contributed by atoms with Crippen molar-refractivity contribution in [2.45, 2.75) is 25.3 Å². The van der Waals surface area contributed by atoms with Gasteiger partial charge in [-0.25, -0.2) is 9.97 Å². The summed E-state index contributed by atoms with van der Waals surface area (Å²) in [5.41, 5.74) is 6.99. The van der Waals surface area contributed by atoms with E-state index < -0.39 is 0 Å². The van der Waals surface area contributed by atoms with Crippen molar-refractivity contribution in [2.75, 3.05) is 0 Å². The van der Waals surface area contributed by atoms with Gasteiger partial charge in [-0.3, -0.25) is 0 Å². The lowest BCUT2D eigenvalue weighted by atomic mass is 9.79. The van der Waals surface area contributed by atoms with Gasteiger partial charge in [0.15, 0.2) is 0 Å². The maximum Gasteiger partial charge on any atom is 0.115 e. The van der Waals surface area contributed by atoms with Crippen molar-refractivity contribution >= 4 is 0 Å². The zero-order valence-electron chi connectivity index (χ0n) is 6.98. The normalized spacial score (nSPS) is 20.1. The van der Waals surface area contributed by atoms with E-state index in [9.17, 15) is 0 Å². The third kappa shape index (κ3) is 1.32. The number of nitrogens with zero attached hydrogens (tertiary/aromatic N) is 2. The summed E-state index contributed by atoms with van der Waals surface area (Å²) in [5.74, 6) is 0.653. The molecule has 0 saturated heterocycles. The van der Waals surface area contributed by atoms with Gasteiger partial charge in [0, 0.05) is 12.2 Å². The molecule has 1 heterocycles. The maximum absolute atomic E-state index is 6.01. The van der Waals surface area contributed by atoms with Crippen molar-refractivity contribution in [3.8, 4) is 0 Å². The first-order valence-corrected chi connectivity index (χ1v) is 4.39. The first-order chi connectivity index (χ1) is 5.88. The van der Waals surface area contributed by atoms with Gasteiger partial charge in [-0.1, -0.05) is 6.42 Å². The molecule has 0 amide bonds. The molecule has 3 heteroatoms. The zero-order valence-corrected chi connectivity index (χ0v) is 6.98. The van der Waals surface area contributed by atoms with Crippen LogP contribution in [-0.2, 0) is 0 Å². The fourth-order valence-electron chi connectivity index (χ4n) is 1.54. The molecular weight excluding hydrogens is 150 g/mol. The van der Waals surface area contributed by atoms with E-state index >= 15 is 0 Å². The summed E-state index contributed by atoms with van der Waals surface area (Å²) < 4.78 is 0. The molecule has 0 bridgehead atoms. The molecule has 1 saturated carbocycles. The topological polar surface area (TPSA) is 51.8 Å². The maximum atomic E-state index is 6.01. The summed E-state index contributed by atoms with van der Waals surface area (Å²) in [6.07, 6.45) is 7.15. The van der Waals surface area contributed by atoms with Crippen LogP contribution in [0.1, 0.15) is 31.0 Å². The lowest BCUT2D eigenvalue weighted by Crippen LogP contribution is -2.27. The Balaban J connectivity index is 2.08. The number of hydrogen-bond donors (Lipinski definition) is 1. The quantitative estimate of drug-likeness (QED) is 0.714. The predicted octanol–water partition coefficient (Wildman–Crippen LogP) is 1.28. The number of hydrogen-bond acceptors (Lipinski definition) is 3. The standard InChI is InChI=1S/C9H13N3/c10-9(7-2-1-3-7)8-4-5-11-6-12-8/h4-7,9H,1-3,10H2. The molecule has 1 aliphatic carbocycles. The largest absolute Gasteiger partial charge is 0.322 e. The minimum absolute atomic E-state index is 0.127. The Bertz CT molecular complexity index is 243. The first-order valence-electron chi connectivity index (χ1n) is 4.39. The molecule has 1 unspecified atom stereocenters. The van der Waals surface area contributed by atoms with Crippen LogP contribution in [0.25, 0.3) is 0 Å². The highest BCUT2D eigenvalue weighted by Crippen LogP contribution is 2.35. The van der Waals surface area contributed by atoms with Gasteiger partial charge in [0.1, 0.15) is 6.33 Å². The van der Waals surface area contributed by atoms with E-state index in [1.807, 2.05) is 6.07 Å². The van der Waals surface area contributed by atoms with Crippen molar-refractivity contribution < 1.29 is 0 Å². The zero-order chi connectivity index (χ0) is 8.39. The van der Waals surface area contributed by atoms with Crippen LogP contribution in [-0.4, -0.2) is 9.97 Å². The van der Waals surface area contributed by atoms with Crippen molar-refractivity contribution in [2.24, 2.45) is 11.7 Å². The average Bonchev–Trinajstić information content (AvgIpc) is 2.03. The fourth-order valence-corrected chi connectivity index (χ4v) is 1.54. The van der Waals surface area contributed by atoms with E-state index in [-0.39, 0.29) is 6.04 Å². The second-order valence-corrected chi connectivity index (χ2v) is 3.35. The molecular formula is C9H13N3. The SMILES string of the molecule is NC(c1ccncn1)C1CCC1. The molecule has 12 heavy (non-hydrogen) atoms. The Hall–Kier alpha value is -0.960. The fraction of sp³-hybridized carbons (Fsp3) is 0.556. The van der Waals surface area contributed by atoms with Gasteiger partial charge in [0.25, 0.3) is 0 Å². The van der Waals surface area contributed by atoms with E-state index in [1.54, 1.807) is 12.5 Å². The van der Waals surface area contributed by atoms with Crippen LogP contribution in [0.5, 0.6) is 0 Å². The van der Waals surface area contributed by atoms with Crippen LogP contribution in [0.4, 0.5) is 0 Å². The highest BCUT2D eigenvalue weighted by Gasteiger charge is 2.25.